The highest BCUT2D eigenvalue weighted by Crippen LogP contribution is 2.39. The van der Waals surface area contributed by atoms with E-state index in [1.54, 1.807) is 18.7 Å². The first-order chi connectivity index (χ1) is 15.5. The van der Waals surface area contributed by atoms with E-state index in [4.69, 9.17) is 15.2 Å². The first kappa shape index (κ1) is 23.4. The number of aromatic nitrogens is 4. The predicted molar refractivity (Wildman–Crippen MR) is 110 cm³/mol. The van der Waals surface area contributed by atoms with Crippen molar-refractivity contribution in [2.75, 3.05) is 48.4 Å². The zero-order chi connectivity index (χ0) is 24.0. The molecule has 2 unspecified atom stereocenters. The summed E-state index contributed by atoms with van der Waals surface area (Å²) in [5, 5.41) is 20.5. The maximum absolute atomic E-state index is 13.7. The monoisotopic (exact) mass is 471 g/mol. The Hall–Kier alpha value is -2.81. The Morgan fingerprint density at radius 3 is 2.55 bits per heavy atom. The Balaban J connectivity index is 1.89. The van der Waals surface area contributed by atoms with Gasteiger partial charge in [-0.2, -0.15) is 18.2 Å². The maximum Gasteiger partial charge on any atom is 0.434 e. The van der Waals surface area contributed by atoms with Crippen molar-refractivity contribution in [2.45, 2.75) is 38.1 Å². The summed E-state index contributed by atoms with van der Waals surface area (Å²) in [6, 6.07) is 0.544. The fourth-order valence-corrected chi connectivity index (χ4v) is 3.87. The minimum atomic E-state index is -4.82. The van der Waals surface area contributed by atoms with Gasteiger partial charge in [0.05, 0.1) is 37.2 Å². The lowest BCUT2D eigenvalue weighted by Gasteiger charge is -2.31. The molecular weight excluding hydrogens is 447 g/mol. The maximum atomic E-state index is 13.7. The lowest BCUT2D eigenvalue weighted by Crippen LogP contribution is -2.46. The third kappa shape index (κ3) is 4.51. The van der Waals surface area contributed by atoms with Gasteiger partial charge >= 0.3 is 6.18 Å². The number of nitrogens with two attached hydrogens (primary N) is 1. The molecule has 2 aliphatic heterocycles. The summed E-state index contributed by atoms with van der Waals surface area (Å²) in [5.74, 6) is -0.327. The molecule has 0 aliphatic carbocycles. The molecule has 4 N–H and O–H groups in total. The van der Waals surface area contributed by atoms with Crippen molar-refractivity contribution in [3.05, 3.63) is 18.0 Å². The van der Waals surface area contributed by atoms with Crippen LogP contribution in [0.4, 0.5) is 30.9 Å². The number of ether oxygens (including phenoxy) is 2. The van der Waals surface area contributed by atoms with Crippen LogP contribution in [0.5, 0.6) is 0 Å². The van der Waals surface area contributed by atoms with Crippen molar-refractivity contribution in [1.82, 2.24) is 19.9 Å². The minimum Gasteiger partial charge on any atom is -0.394 e. The van der Waals surface area contributed by atoms with Gasteiger partial charge in [0.2, 0.25) is 18.3 Å². The van der Waals surface area contributed by atoms with Gasteiger partial charge in [0.25, 0.3) is 0 Å². The Bertz CT molecular complexity index is 1020. The highest BCUT2D eigenvalue weighted by atomic mass is 19.4. The van der Waals surface area contributed by atoms with Crippen LogP contribution in [-0.2, 0) is 15.7 Å². The molecule has 4 heterocycles. The van der Waals surface area contributed by atoms with E-state index in [1.165, 1.54) is 11.0 Å². The Morgan fingerprint density at radius 2 is 1.91 bits per heavy atom. The number of anilines is 3. The summed E-state index contributed by atoms with van der Waals surface area (Å²) in [6.45, 7) is 4.58. The molecule has 180 valence electrons. The largest absolute Gasteiger partial charge is 0.434 e. The van der Waals surface area contributed by atoms with Crippen LogP contribution in [0.15, 0.2) is 12.3 Å². The van der Waals surface area contributed by atoms with Crippen LogP contribution in [0.25, 0.3) is 11.3 Å². The van der Waals surface area contributed by atoms with Crippen LogP contribution >= 0.6 is 0 Å². The van der Waals surface area contributed by atoms with Crippen LogP contribution in [0.2, 0.25) is 0 Å². The summed E-state index contributed by atoms with van der Waals surface area (Å²) in [4.78, 5) is 19.0. The number of morpholine rings is 1. The van der Waals surface area contributed by atoms with Crippen molar-refractivity contribution in [3.8, 4) is 11.3 Å². The molecule has 0 aromatic carbocycles. The average molecular weight is 471 g/mol. The summed E-state index contributed by atoms with van der Waals surface area (Å²) >= 11 is 0. The van der Waals surface area contributed by atoms with E-state index in [0.717, 1.165) is 6.20 Å². The molecule has 11 nitrogen and oxygen atoms in total. The standard InChI is InChI=1S/C19H24F3N7O4/c1-18(2)12(9-30)29(17(31)33-18)13-7-11(25-16(26-13)28-3-5-32-6-4-28)10-8-24-15(23)27-14(10)19(20,21)22/h7-8,12,17,30-31H,3-6,9H2,1-2H3,(H2,23,24,27). The predicted octanol–water partition coefficient (Wildman–Crippen LogP) is 0.623. The van der Waals surface area contributed by atoms with Crippen molar-refractivity contribution in [3.63, 3.8) is 0 Å². The van der Waals surface area contributed by atoms with Gasteiger partial charge in [-0.05, 0) is 13.8 Å². The molecule has 2 aromatic rings. The topological polar surface area (TPSA) is 143 Å². The number of hydrogen-bond acceptors (Lipinski definition) is 11. The Labute approximate surface area is 187 Å². The quantitative estimate of drug-likeness (QED) is 0.577. The second-order valence-electron chi connectivity index (χ2n) is 8.15. The molecule has 0 radical (unpaired) electrons. The number of halogens is 3. The molecule has 0 spiro atoms. The number of alkyl halides is 3. The molecule has 2 atom stereocenters. The molecule has 33 heavy (non-hydrogen) atoms. The van der Waals surface area contributed by atoms with Crippen LogP contribution in [-0.4, -0.2) is 81.1 Å². The number of aliphatic hydroxyl groups is 2. The third-order valence-corrected chi connectivity index (χ3v) is 5.57. The van der Waals surface area contributed by atoms with Gasteiger partial charge in [0.1, 0.15) is 5.82 Å². The second-order valence-corrected chi connectivity index (χ2v) is 8.15. The van der Waals surface area contributed by atoms with Gasteiger partial charge in [-0.15, -0.1) is 0 Å². The van der Waals surface area contributed by atoms with Gasteiger partial charge in [-0.1, -0.05) is 0 Å². The van der Waals surface area contributed by atoms with Crippen LogP contribution in [0.1, 0.15) is 19.5 Å². The lowest BCUT2D eigenvalue weighted by atomic mass is 9.99. The number of nitrogen functional groups attached to an aromatic ring is 1. The molecular formula is C19H24F3N7O4. The van der Waals surface area contributed by atoms with Gasteiger partial charge in [0, 0.05) is 30.9 Å². The molecule has 0 bridgehead atoms. The van der Waals surface area contributed by atoms with E-state index < -0.39 is 48.0 Å². The summed E-state index contributed by atoms with van der Waals surface area (Å²) in [6.07, 6.45) is -5.35. The van der Waals surface area contributed by atoms with Gasteiger partial charge in [0.15, 0.2) is 5.69 Å². The van der Waals surface area contributed by atoms with Crippen LogP contribution in [0.3, 0.4) is 0 Å². The Morgan fingerprint density at radius 1 is 1.21 bits per heavy atom. The van der Waals surface area contributed by atoms with Crippen molar-refractivity contribution in [2.24, 2.45) is 0 Å². The molecule has 2 aromatic heterocycles. The van der Waals surface area contributed by atoms with E-state index in [9.17, 15) is 23.4 Å². The summed E-state index contributed by atoms with van der Waals surface area (Å²) in [7, 11) is 0. The zero-order valence-electron chi connectivity index (χ0n) is 18.0. The van der Waals surface area contributed by atoms with Gasteiger partial charge in [-0.3, -0.25) is 4.90 Å². The van der Waals surface area contributed by atoms with E-state index in [1.807, 2.05) is 0 Å². The normalized spacial score (nSPS) is 23.2. The number of aliphatic hydroxyl groups excluding tert-OH is 2. The van der Waals surface area contributed by atoms with Crippen LogP contribution in [0, 0.1) is 0 Å². The summed E-state index contributed by atoms with van der Waals surface area (Å²) in [5.41, 5.74) is 2.67. The van der Waals surface area contributed by atoms with E-state index in [0.29, 0.717) is 26.3 Å². The Kier molecular flexibility index (Phi) is 6.03. The first-order valence-electron chi connectivity index (χ1n) is 10.2. The smallest absolute Gasteiger partial charge is 0.394 e. The molecule has 0 amide bonds. The number of hydrogen-bond donors (Lipinski definition) is 3. The van der Waals surface area contributed by atoms with E-state index >= 15 is 0 Å². The fourth-order valence-electron chi connectivity index (χ4n) is 3.87. The second kappa shape index (κ2) is 8.52. The van der Waals surface area contributed by atoms with E-state index in [-0.39, 0.29) is 17.5 Å². The van der Waals surface area contributed by atoms with E-state index in [2.05, 4.69) is 19.9 Å². The molecule has 4 rings (SSSR count). The number of nitrogens with zero attached hydrogens (tertiary/aromatic N) is 6. The molecule has 0 saturated carbocycles. The molecule has 2 aliphatic rings. The zero-order valence-corrected chi connectivity index (χ0v) is 18.0. The summed E-state index contributed by atoms with van der Waals surface area (Å²) < 4.78 is 52.1. The molecule has 2 saturated heterocycles. The van der Waals surface area contributed by atoms with Crippen molar-refractivity contribution in [1.29, 1.82) is 0 Å². The molecule has 14 heteroatoms. The fraction of sp³-hybridized carbons (Fsp3) is 0.579. The SMILES string of the molecule is CC1(C)OC(O)N(c2cc(-c3cnc(N)nc3C(F)(F)F)nc(N3CCOCC3)n2)C1CO. The first-order valence-corrected chi connectivity index (χ1v) is 10.2. The minimum absolute atomic E-state index is 0.0727. The van der Waals surface area contributed by atoms with Gasteiger partial charge < -0.3 is 30.3 Å². The van der Waals surface area contributed by atoms with Crippen LogP contribution < -0.4 is 15.5 Å². The van der Waals surface area contributed by atoms with Crippen molar-refractivity contribution < 1.29 is 32.9 Å². The number of rotatable bonds is 4. The highest BCUT2D eigenvalue weighted by molar-refractivity contribution is 5.68. The highest BCUT2D eigenvalue weighted by Gasteiger charge is 2.48. The van der Waals surface area contributed by atoms with Crippen molar-refractivity contribution >= 4 is 17.7 Å². The third-order valence-electron chi connectivity index (χ3n) is 5.57. The lowest BCUT2D eigenvalue weighted by molar-refractivity contribution is -0.140. The molecule has 2 fully saturated rings. The average Bonchev–Trinajstić information content (AvgIpc) is 3.00. The van der Waals surface area contributed by atoms with Gasteiger partial charge in [-0.25, -0.2) is 15.0 Å².